The van der Waals surface area contributed by atoms with Crippen molar-refractivity contribution in [3.05, 3.63) is 47.9 Å². The van der Waals surface area contributed by atoms with Crippen molar-refractivity contribution < 1.29 is 17.6 Å². The number of carbonyl (C=O) groups is 1. The lowest BCUT2D eigenvalue weighted by Crippen LogP contribution is -2.46. The highest BCUT2D eigenvalue weighted by Crippen LogP contribution is 2.35. The molecule has 0 aliphatic carbocycles. The van der Waals surface area contributed by atoms with E-state index in [1.807, 2.05) is 18.2 Å². The standard InChI is InChI=1S/C22H27N3O4S2/c1-15(2)18-9-4-10-19-20(18)23-22(30-19)25(14-17-8-6-12-29-17)21(26)16-7-5-11-24(13-16)31(3,27)28/h4,6,8-10,12,15-16H,5,7,11,13-14H2,1-3H3. The number of carbonyl (C=O) groups excluding carboxylic acids is 1. The number of para-hydroxylation sites is 1. The summed E-state index contributed by atoms with van der Waals surface area (Å²) in [6.45, 7) is 5.18. The first-order chi connectivity index (χ1) is 14.7. The van der Waals surface area contributed by atoms with Gasteiger partial charge in [0.15, 0.2) is 5.13 Å². The molecule has 2 aromatic heterocycles. The molecule has 1 aliphatic rings. The third kappa shape index (κ3) is 4.68. The lowest BCUT2D eigenvalue weighted by atomic mass is 9.98. The van der Waals surface area contributed by atoms with Crippen LogP contribution in [0.2, 0.25) is 0 Å². The number of benzene rings is 1. The minimum atomic E-state index is -3.34. The van der Waals surface area contributed by atoms with Crippen molar-refractivity contribution in [3.63, 3.8) is 0 Å². The molecule has 0 N–H and O–H groups in total. The highest BCUT2D eigenvalue weighted by atomic mass is 32.2. The van der Waals surface area contributed by atoms with E-state index in [0.717, 1.165) is 15.8 Å². The van der Waals surface area contributed by atoms with Gasteiger partial charge in [0.25, 0.3) is 0 Å². The number of amides is 1. The molecule has 1 aromatic carbocycles. The minimum absolute atomic E-state index is 0.116. The molecule has 0 saturated carbocycles. The molecule has 1 aliphatic heterocycles. The van der Waals surface area contributed by atoms with Gasteiger partial charge in [0.1, 0.15) is 5.76 Å². The molecule has 4 rings (SSSR count). The van der Waals surface area contributed by atoms with Crippen molar-refractivity contribution >= 4 is 42.6 Å². The molecule has 7 nitrogen and oxygen atoms in total. The minimum Gasteiger partial charge on any atom is -0.467 e. The van der Waals surface area contributed by atoms with Crippen molar-refractivity contribution in [2.24, 2.45) is 5.92 Å². The average molecular weight is 462 g/mol. The SMILES string of the molecule is CC(C)c1cccc2sc(N(Cc3ccco3)C(=O)C3CCCN(S(C)(=O)=O)C3)nc12. The number of hydrogen-bond donors (Lipinski definition) is 0. The average Bonchev–Trinajstić information content (AvgIpc) is 3.40. The number of furan rings is 1. The first-order valence-corrected chi connectivity index (χ1v) is 13.1. The first kappa shape index (κ1) is 22.0. The van der Waals surface area contributed by atoms with Crippen LogP contribution in [-0.2, 0) is 21.4 Å². The molecule has 1 saturated heterocycles. The number of anilines is 1. The van der Waals surface area contributed by atoms with E-state index in [2.05, 4.69) is 19.9 Å². The molecule has 0 spiro atoms. The van der Waals surface area contributed by atoms with Gasteiger partial charge in [0.05, 0.1) is 35.2 Å². The summed E-state index contributed by atoms with van der Waals surface area (Å²) >= 11 is 1.48. The number of nitrogens with zero attached hydrogens (tertiary/aromatic N) is 3. The third-order valence-corrected chi connectivity index (χ3v) is 7.97. The van der Waals surface area contributed by atoms with Gasteiger partial charge in [0.2, 0.25) is 15.9 Å². The van der Waals surface area contributed by atoms with Gasteiger partial charge < -0.3 is 4.42 Å². The summed E-state index contributed by atoms with van der Waals surface area (Å²) in [5.74, 6) is 0.451. The van der Waals surface area contributed by atoms with E-state index in [-0.39, 0.29) is 19.0 Å². The monoisotopic (exact) mass is 461 g/mol. The molecule has 1 unspecified atom stereocenters. The van der Waals surface area contributed by atoms with E-state index in [4.69, 9.17) is 9.40 Å². The Morgan fingerprint density at radius 1 is 1.32 bits per heavy atom. The van der Waals surface area contributed by atoms with Crippen LogP contribution < -0.4 is 4.90 Å². The van der Waals surface area contributed by atoms with Crippen LogP contribution in [0.3, 0.4) is 0 Å². The van der Waals surface area contributed by atoms with Crippen LogP contribution in [0, 0.1) is 5.92 Å². The van der Waals surface area contributed by atoms with Gasteiger partial charge in [-0.3, -0.25) is 9.69 Å². The van der Waals surface area contributed by atoms with E-state index < -0.39 is 15.9 Å². The van der Waals surface area contributed by atoms with Gasteiger partial charge in [-0.15, -0.1) is 0 Å². The molecule has 1 fully saturated rings. The number of piperidine rings is 1. The maximum atomic E-state index is 13.6. The molecular formula is C22H27N3O4S2. The summed E-state index contributed by atoms with van der Waals surface area (Å²) in [6.07, 6.45) is 4.09. The molecule has 9 heteroatoms. The summed E-state index contributed by atoms with van der Waals surface area (Å²) in [4.78, 5) is 20.1. The van der Waals surface area contributed by atoms with Gasteiger partial charge >= 0.3 is 0 Å². The predicted octanol–water partition coefficient (Wildman–Crippen LogP) is 4.22. The van der Waals surface area contributed by atoms with Crippen molar-refractivity contribution in [2.75, 3.05) is 24.2 Å². The van der Waals surface area contributed by atoms with Gasteiger partial charge in [-0.2, -0.15) is 0 Å². The normalized spacial score (nSPS) is 18.0. The van der Waals surface area contributed by atoms with E-state index >= 15 is 0 Å². The fourth-order valence-electron chi connectivity index (χ4n) is 4.00. The van der Waals surface area contributed by atoms with E-state index in [1.165, 1.54) is 21.9 Å². The number of thiazole rings is 1. The Morgan fingerprint density at radius 2 is 2.13 bits per heavy atom. The lowest BCUT2D eigenvalue weighted by Gasteiger charge is -2.32. The van der Waals surface area contributed by atoms with Crippen LogP contribution in [0.15, 0.2) is 41.0 Å². The van der Waals surface area contributed by atoms with Crippen molar-refractivity contribution in [2.45, 2.75) is 39.2 Å². The van der Waals surface area contributed by atoms with Crippen molar-refractivity contribution in [3.8, 4) is 0 Å². The van der Waals surface area contributed by atoms with E-state index in [0.29, 0.717) is 36.2 Å². The molecular weight excluding hydrogens is 434 g/mol. The van der Waals surface area contributed by atoms with Gasteiger partial charge in [0, 0.05) is 13.1 Å². The zero-order chi connectivity index (χ0) is 22.2. The highest BCUT2D eigenvalue weighted by molar-refractivity contribution is 7.88. The Bertz CT molecular complexity index is 1170. The number of aromatic nitrogens is 1. The van der Waals surface area contributed by atoms with Crippen LogP contribution in [0.25, 0.3) is 10.2 Å². The molecule has 31 heavy (non-hydrogen) atoms. The number of sulfonamides is 1. The Hall–Kier alpha value is -2.23. The van der Waals surface area contributed by atoms with Crippen LogP contribution in [0.5, 0.6) is 0 Å². The van der Waals surface area contributed by atoms with Gasteiger partial charge in [-0.25, -0.2) is 17.7 Å². The maximum Gasteiger partial charge on any atom is 0.233 e. The quantitative estimate of drug-likeness (QED) is 0.549. The zero-order valence-corrected chi connectivity index (χ0v) is 19.6. The van der Waals surface area contributed by atoms with Crippen LogP contribution in [0.1, 0.15) is 43.9 Å². The Kier molecular flexibility index (Phi) is 6.18. The van der Waals surface area contributed by atoms with Crippen LogP contribution in [0.4, 0.5) is 5.13 Å². The molecule has 166 valence electrons. The Labute approximate surface area is 186 Å². The second kappa shape index (κ2) is 8.72. The number of rotatable bonds is 6. The van der Waals surface area contributed by atoms with Gasteiger partial charge in [-0.1, -0.05) is 37.3 Å². The summed E-state index contributed by atoms with van der Waals surface area (Å²) < 4.78 is 32.0. The fraction of sp³-hybridized carbons (Fsp3) is 0.455. The second-order valence-electron chi connectivity index (χ2n) is 8.31. The molecule has 1 atom stereocenters. The predicted molar refractivity (Wildman–Crippen MR) is 123 cm³/mol. The first-order valence-electron chi connectivity index (χ1n) is 10.4. The Morgan fingerprint density at radius 3 is 2.81 bits per heavy atom. The second-order valence-corrected chi connectivity index (χ2v) is 11.3. The Balaban J connectivity index is 1.70. The largest absolute Gasteiger partial charge is 0.467 e. The number of hydrogen-bond acceptors (Lipinski definition) is 6. The molecule has 3 aromatic rings. The summed E-state index contributed by atoms with van der Waals surface area (Å²) in [6, 6.07) is 9.73. The highest BCUT2D eigenvalue weighted by Gasteiger charge is 2.34. The summed E-state index contributed by atoms with van der Waals surface area (Å²) in [5.41, 5.74) is 2.06. The zero-order valence-electron chi connectivity index (χ0n) is 17.9. The smallest absolute Gasteiger partial charge is 0.233 e. The van der Waals surface area contributed by atoms with E-state index in [1.54, 1.807) is 17.2 Å². The van der Waals surface area contributed by atoms with Crippen LogP contribution >= 0.6 is 11.3 Å². The van der Waals surface area contributed by atoms with Gasteiger partial charge in [-0.05, 0) is 42.5 Å². The topological polar surface area (TPSA) is 83.7 Å². The molecule has 0 bridgehead atoms. The third-order valence-electron chi connectivity index (χ3n) is 5.65. The lowest BCUT2D eigenvalue weighted by molar-refractivity contribution is -0.123. The van der Waals surface area contributed by atoms with Crippen LogP contribution in [-0.4, -0.2) is 43.0 Å². The fourth-order valence-corrected chi connectivity index (χ4v) is 5.92. The summed E-state index contributed by atoms with van der Waals surface area (Å²) in [5, 5.41) is 0.612. The molecule has 1 amide bonds. The number of fused-ring (bicyclic) bond motifs is 1. The molecule has 3 heterocycles. The van der Waals surface area contributed by atoms with E-state index in [9.17, 15) is 13.2 Å². The summed E-state index contributed by atoms with van der Waals surface area (Å²) in [7, 11) is -3.34. The van der Waals surface area contributed by atoms with Crippen molar-refractivity contribution in [1.29, 1.82) is 0 Å². The maximum absolute atomic E-state index is 13.6. The van der Waals surface area contributed by atoms with Crippen molar-refractivity contribution in [1.82, 2.24) is 9.29 Å². The molecule has 0 radical (unpaired) electrons.